The third-order valence-corrected chi connectivity index (χ3v) is 28.7. The van der Waals surface area contributed by atoms with Crippen molar-refractivity contribution in [3.05, 3.63) is 355 Å². The molecule has 750 valence electrons. The number of piperazine rings is 4. The van der Waals surface area contributed by atoms with E-state index in [9.17, 15) is 52.2 Å². The van der Waals surface area contributed by atoms with Crippen LogP contribution < -0.4 is 52.8 Å². The minimum absolute atomic E-state index is 0.0154. The van der Waals surface area contributed by atoms with Crippen molar-refractivity contribution in [3.63, 3.8) is 0 Å². The van der Waals surface area contributed by atoms with Crippen LogP contribution in [0.5, 0.6) is 46.0 Å². The van der Waals surface area contributed by atoms with Crippen LogP contribution in [0.3, 0.4) is 0 Å². The summed E-state index contributed by atoms with van der Waals surface area (Å²) >= 11 is 0. The number of nitrogens with zero attached hydrogens (tertiary/aromatic N) is 12. The smallest absolute Gasteiger partial charge is 0.263 e. The van der Waals surface area contributed by atoms with E-state index < -0.39 is 11.6 Å². The van der Waals surface area contributed by atoms with E-state index in [0.29, 0.717) is 140 Å². The van der Waals surface area contributed by atoms with Gasteiger partial charge in [0.2, 0.25) is 0 Å². The van der Waals surface area contributed by atoms with Crippen molar-refractivity contribution in [2.75, 3.05) is 174 Å². The molecule has 0 bridgehead atoms. The third kappa shape index (κ3) is 21.3. The monoisotopic (exact) mass is 1960 g/mol. The second kappa shape index (κ2) is 45.4. The highest BCUT2D eigenvalue weighted by atomic mass is 19.1. The normalized spacial score (nSPS) is 16.5. The van der Waals surface area contributed by atoms with Crippen LogP contribution in [0.15, 0.2) is 255 Å². The van der Waals surface area contributed by atoms with E-state index >= 15 is 0 Å². The number of benzene rings is 12. The van der Waals surface area contributed by atoms with Gasteiger partial charge in [0, 0.05) is 135 Å². The number of rotatable bonds is 28. The zero-order chi connectivity index (χ0) is 102. The molecule has 12 aromatic rings. The van der Waals surface area contributed by atoms with Crippen LogP contribution in [0.4, 0.5) is 31.5 Å². The highest BCUT2D eigenvalue weighted by Crippen LogP contribution is 2.43. The first-order chi connectivity index (χ1) is 70.4. The van der Waals surface area contributed by atoms with Crippen LogP contribution >= 0.6 is 0 Å². The van der Waals surface area contributed by atoms with E-state index in [-0.39, 0.29) is 91.3 Å². The molecule has 20 rings (SSSR count). The van der Waals surface area contributed by atoms with Crippen molar-refractivity contribution in [2.45, 2.75) is 78.0 Å². The maximum Gasteiger partial charge on any atom is 0.263 e. The number of carbonyl (C=O) groups is 8. The zero-order valence-electron chi connectivity index (χ0n) is 83.2. The molecule has 0 aromatic heterocycles. The van der Waals surface area contributed by atoms with Crippen molar-refractivity contribution in [3.8, 4) is 46.0 Å². The van der Waals surface area contributed by atoms with Crippen LogP contribution in [0.1, 0.15) is 173 Å². The SMILES string of the molecule is CCC(c1ccccc1)N1CCN(c2cccc3c2C(=O)N(Cc2ccc(OC)c(OC)c2)C3=O)CC1.COc1cc(CN2C(=O)c3cccc(N4CCN([C@H](C)c5ccccc5)CC4)c3C2=O)ccc1O.COc1ccc(CN2C(=O)c3cccc(N4CCN(Cc5c(F)cccc5F)CC4)c3C2=O)cc1OC.COc1ccc(CN2C(=O)c3cccc(N4CCN([C@@H](C)c5ccccc5)CC4)c3C2=O)cc1OC. The Bertz CT molecular complexity index is 6750. The van der Waals surface area contributed by atoms with E-state index in [1.807, 2.05) is 71.6 Å². The van der Waals surface area contributed by atoms with Crippen molar-refractivity contribution in [1.29, 1.82) is 0 Å². The molecule has 8 aliphatic rings. The van der Waals surface area contributed by atoms with Gasteiger partial charge in [0.15, 0.2) is 46.0 Å². The number of halogens is 2. The minimum atomic E-state index is -0.554. The third-order valence-electron chi connectivity index (χ3n) is 28.7. The van der Waals surface area contributed by atoms with Crippen molar-refractivity contribution in [1.82, 2.24) is 39.2 Å². The predicted molar refractivity (Wildman–Crippen MR) is 550 cm³/mol. The lowest BCUT2D eigenvalue weighted by atomic mass is 10.0. The Morgan fingerprint density at radius 3 is 0.841 bits per heavy atom. The summed E-state index contributed by atoms with van der Waals surface area (Å²) in [4.78, 5) is 130. The maximum absolute atomic E-state index is 14.1. The van der Waals surface area contributed by atoms with Crippen LogP contribution in [0, 0.1) is 11.6 Å². The highest BCUT2D eigenvalue weighted by Gasteiger charge is 2.45. The molecule has 0 aliphatic carbocycles. The molecule has 145 heavy (non-hydrogen) atoms. The van der Waals surface area contributed by atoms with Gasteiger partial charge >= 0.3 is 0 Å². The van der Waals surface area contributed by atoms with E-state index in [1.165, 1.54) is 74.8 Å². The number of hydrogen-bond acceptors (Lipinski definition) is 24. The summed E-state index contributed by atoms with van der Waals surface area (Å²) in [5.74, 6) is 0.350. The van der Waals surface area contributed by atoms with Gasteiger partial charge in [-0.1, -0.05) is 153 Å². The fourth-order valence-corrected chi connectivity index (χ4v) is 20.7. The molecule has 8 aliphatic heterocycles. The maximum atomic E-state index is 14.1. The van der Waals surface area contributed by atoms with Crippen LogP contribution in [-0.4, -0.2) is 246 Å². The molecule has 0 radical (unpaired) electrons. The van der Waals surface area contributed by atoms with Crippen LogP contribution in [0.25, 0.3) is 0 Å². The van der Waals surface area contributed by atoms with Gasteiger partial charge < -0.3 is 57.9 Å². The quantitative estimate of drug-likeness (QED) is 0.0447. The molecule has 28 nitrogen and oxygen atoms in total. The number of amides is 8. The number of phenolic OH excluding ortho intramolecular Hbond substituents is 1. The van der Waals surface area contributed by atoms with Gasteiger partial charge in [-0.05, 0) is 168 Å². The summed E-state index contributed by atoms with van der Waals surface area (Å²) in [6, 6.07) is 79.5. The topological polar surface area (TPSA) is 260 Å². The fraction of sp³-hybridized carbons (Fsp3) is 0.304. The van der Waals surface area contributed by atoms with Gasteiger partial charge in [-0.2, -0.15) is 0 Å². The number of carbonyl (C=O) groups excluding carboxylic acids is 8. The lowest BCUT2D eigenvalue weighted by Gasteiger charge is -2.40. The first kappa shape index (κ1) is 101. The van der Waals surface area contributed by atoms with Gasteiger partial charge in [0.1, 0.15) is 11.6 Å². The first-order valence-corrected chi connectivity index (χ1v) is 48.9. The fourth-order valence-electron chi connectivity index (χ4n) is 20.7. The Hall–Kier alpha value is -15.5. The summed E-state index contributed by atoms with van der Waals surface area (Å²) < 4.78 is 65.4. The van der Waals surface area contributed by atoms with Crippen molar-refractivity contribution < 1.29 is 85.4 Å². The lowest BCUT2D eigenvalue weighted by Crippen LogP contribution is -2.48. The van der Waals surface area contributed by atoms with Crippen molar-refractivity contribution >= 4 is 70.0 Å². The first-order valence-electron chi connectivity index (χ1n) is 48.9. The van der Waals surface area contributed by atoms with E-state index in [1.54, 1.807) is 120 Å². The second-order valence-electron chi connectivity index (χ2n) is 36.7. The molecule has 8 amide bonds. The number of phenols is 1. The van der Waals surface area contributed by atoms with Gasteiger partial charge in [-0.25, -0.2) is 8.78 Å². The Labute approximate surface area is 843 Å². The Morgan fingerprint density at radius 1 is 0.276 bits per heavy atom. The average Bonchev–Trinajstić information content (AvgIpc) is 1.62. The van der Waals surface area contributed by atoms with Gasteiger partial charge in [-0.15, -0.1) is 0 Å². The van der Waals surface area contributed by atoms with E-state index in [4.69, 9.17) is 33.2 Å². The molecule has 12 aromatic carbocycles. The summed E-state index contributed by atoms with van der Waals surface area (Å²) in [5, 5.41) is 9.86. The summed E-state index contributed by atoms with van der Waals surface area (Å²) in [6.45, 7) is 19.8. The number of fused-ring (bicyclic) bond motifs is 4. The molecule has 30 heteroatoms. The zero-order valence-corrected chi connectivity index (χ0v) is 83.2. The number of imide groups is 4. The second-order valence-corrected chi connectivity index (χ2v) is 36.7. The number of ether oxygens (including phenoxy) is 7. The molecule has 4 saturated heterocycles. The summed E-state index contributed by atoms with van der Waals surface area (Å²) in [7, 11) is 10.8. The van der Waals surface area contributed by atoms with Crippen LogP contribution in [0.2, 0.25) is 0 Å². The van der Waals surface area contributed by atoms with Crippen molar-refractivity contribution in [2.24, 2.45) is 0 Å². The number of methoxy groups -OCH3 is 7. The molecule has 0 saturated carbocycles. The Balaban J connectivity index is 0.000000132. The summed E-state index contributed by atoms with van der Waals surface area (Å²) in [5.41, 5.74) is 13.9. The molecule has 0 spiro atoms. The standard InChI is InChI=1S/C30H33N3O4.C29H31N3O4.C28H27F2N3O4.C28H29N3O4/c1-4-24(22-9-6-5-7-10-22)31-15-17-32(18-16-31)25-12-8-11-23-28(25)30(35)33(29(23)34)20-21-13-14-26(36-2)27(19-21)37-3;1-20(22-8-5-4-6-9-22)30-14-16-31(17-15-30)24-11-7-10-23-27(24)29(34)32(28(23)33)19-21-12-13-25(35-2)26(18-21)36-3;1-36-24-10-9-18(15-25(24)37-2)16-33-27(34)19-5-3-8-23(26(19)28(33)35)32-13-11-31(12-14-32)17-20-21(29)6-4-7-22(20)30;1-19(21-7-4-3-5-8-21)29-13-15-30(16-14-29)23-10-6-9-22-26(23)28(34)31(27(22)33)18-20-11-12-24(32)25(17-20)35-2/h5-14,19,24H,4,15-18,20H2,1-3H3;4-13,18,20H,14-17,19H2,1-3H3;3-10,15H,11-14,16-17H2,1-2H3;3-12,17,19,32H,13-16,18H2,1-2H3/t;20-;;19-/m.0.1/s1. The molecule has 4 fully saturated rings. The number of anilines is 4. The lowest BCUT2D eigenvalue weighted by molar-refractivity contribution is 0.0627. The molecule has 8 heterocycles. The molecular formula is C115H120F2N12O16. The number of aromatic hydroxyl groups is 1. The highest BCUT2D eigenvalue weighted by molar-refractivity contribution is 6.26. The Morgan fingerprint density at radius 2 is 0.545 bits per heavy atom. The van der Waals surface area contributed by atoms with Gasteiger partial charge in [0.05, 0.1) is 143 Å². The van der Waals surface area contributed by atoms with Crippen LogP contribution in [-0.2, 0) is 32.7 Å². The van der Waals surface area contributed by atoms with E-state index in [0.717, 1.165) is 119 Å². The molecule has 1 unspecified atom stereocenters. The molecule has 3 atom stereocenters. The largest absolute Gasteiger partial charge is 0.504 e. The van der Waals surface area contributed by atoms with Gasteiger partial charge in [0.25, 0.3) is 47.3 Å². The minimum Gasteiger partial charge on any atom is -0.504 e. The van der Waals surface area contributed by atoms with Gasteiger partial charge in [-0.3, -0.25) is 77.6 Å². The Kier molecular flexibility index (Phi) is 31.6. The van der Waals surface area contributed by atoms with E-state index in [2.05, 4.69) is 134 Å². The predicted octanol–water partition coefficient (Wildman–Crippen LogP) is 17.3. The average molecular weight is 1960 g/mol. The number of hydrogen-bond donors (Lipinski definition) is 1. The molecular weight excluding hydrogens is 1840 g/mol. The summed E-state index contributed by atoms with van der Waals surface area (Å²) in [6.07, 6.45) is 1.04. The molecule has 1 N–H and O–H groups in total.